The summed E-state index contributed by atoms with van der Waals surface area (Å²) in [5.41, 5.74) is 5.49. The Morgan fingerprint density at radius 3 is 2.33 bits per heavy atom. The van der Waals surface area contributed by atoms with Crippen LogP contribution in [-0.2, 0) is 17.8 Å². The van der Waals surface area contributed by atoms with E-state index in [0.717, 1.165) is 22.3 Å². The number of hydrogen-bond acceptors (Lipinski definition) is 4. The van der Waals surface area contributed by atoms with Crippen molar-refractivity contribution in [2.75, 3.05) is 5.32 Å². The Morgan fingerprint density at radius 1 is 1.03 bits per heavy atom. The van der Waals surface area contributed by atoms with Crippen LogP contribution in [0, 0.1) is 27.7 Å². The summed E-state index contributed by atoms with van der Waals surface area (Å²) in [7, 11) is 0. The molecule has 0 unspecified atom stereocenters. The standard InChI is InChI=1S/C26H27N5O2/c1-6-11-30-19(5)22(15-23(32)27-21-13-17(3)12-18(4)14-21)25(33)31-26(30)28-24(29-31)20-9-7-16(2)8-10-20/h6-10,12-14H,1,11,15H2,2-5H3,(H,27,32). The number of allylic oxidation sites excluding steroid dienone is 1. The van der Waals surface area contributed by atoms with E-state index in [4.69, 9.17) is 0 Å². The first-order chi connectivity index (χ1) is 15.8. The van der Waals surface area contributed by atoms with E-state index < -0.39 is 0 Å². The van der Waals surface area contributed by atoms with Crippen LogP contribution in [0.3, 0.4) is 0 Å². The van der Waals surface area contributed by atoms with Gasteiger partial charge in [-0.2, -0.15) is 9.50 Å². The molecule has 0 aliphatic rings. The predicted octanol–water partition coefficient (Wildman–Crippen LogP) is 4.16. The molecule has 0 saturated carbocycles. The minimum absolute atomic E-state index is 0.0650. The first-order valence-corrected chi connectivity index (χ1v) is 10.8. The molecule has 0 saturated heterocycles. The molecule has 4 rings (SSSR count). The molecule has 2 aromatic carbocycles. The van der Waals surface area contributed by atoms with E-state index in [1.54, 1.807) is 6.08 Å². The van der Waals surface area contributed by atoms with Crippen molar-refractivity contribution in [3.8, 4) is 11.4 Å². The molecule has 2 heterocycles. The number of carbonyl (C=O) groups excluding carboxylic acids is 1. The first-order valence-electron chi connectivity index (χ1n) is 10.8. The number of anilines is 1. The van der Waals surface area contributed by atoms with Gasteiger partial charge in [-0.3, -0.25) is 9.59 Å². The number of hydrogen-bond donors (Lipinski definition) is 1. The molecule has 0 spiro atoms. The molecule has 33 heavy (non-hydrogen) atoms. The molecule has 1 N–H and O–H groups in total. The Balaban J connectivity index is 1.76. The lowest BCUT2D eigenvalue weighted by atomic mass is 10.1. The number of rotatable bonds is 6. The third kappa shape index (κ3) is 4.48. The van der Waals surface area contributed by atoms with Crippen molar-refractivity contribution in [1.82, 2.24) is 19.2 Å². The quantitative estimate of drug-likeness (QED) is 0.456. The maximum atomic E-state index is 13.3. The Kier molecular flexibility index (Phi) is 5.96. The van der Waals surface area contributed by atoms with Gasteiger partial charge in [0.15, 0.2) is 5.82 Å². The average Bonchev–Trinajstić information content (AvgIpc) is 3.19. The van der Waals surface area contributed by atoms with Crippen molar-refractivity contribution in [3.05, 3.63) is 93.4 Å². The normalized spacial score (nSPS) is 11.0. The van der Waals surface area contributed by atoms with Crippen molar-refractivity contribution in [2.45, 2.75) is 40.7 Å². The maximum Gasteiger partial charge on any atom is 0.279 e. The van der Waals surface area contributed by atoms with Gasteiger partial charge in [-0.15, -0.1) is 11.7 Å². The zero-order chi connectivity index (χ0) is 23.7. The van der Waals surface area contributed by atoms with E-state index in [1.807, 2.05) is 74.7 Å². The Morgan fingerprint density at radius 2 is 1.70 bits per heavy atom. The molecule has 0 fully saturated rings. The second-order valence-corrected chi connectivity index (χ2v) is 8.38. The van der Waals surface area contributed by atoms with Gasteiger partial charge in [0.2, 0.25) is 11.7 Å². The van der Waals surface area contributed by atoms with Gasteiger partial charge in [0, 0.05) is 29.1 Å². The van der Waals surface area contributed by atoms with Gasteiger partial charge in [-0.25, -0.2) is 0 Å². The summed E-state index contributed by atoms with van der Waals surface area (Å²) >= 11 is 0. The molecular formula is C26H27N5O2. The third-order valence-electron chi connectivity index (χ3n) is 5.59. The van der Waals surface area contributed by atoms with Crippen LogP contribution < -0.4 is 10.9 Å². The lowest BCUT2D eigenvalue weighted by Crippen LogP contribution is -2.29. The summed E-state index contributed by atoms with van der Waals surface area (Å²) in [5.74, 6) is 0.621. The molecule has 2 aromatic heterocycles. The van der Waals surface area contributed by atoms with E-state index in [0.29, 0.717) is 35.1 Å². The molecule has 168 valence electrons. The molecule has 0 aliphatic heterocycles. The third-order valence-corrected chi connectivity index (χ3v) is 5.59. The molecule has 7 heteroatoms. The fraction of sp³-hybridized carbons (Fsp3) is 0.231. The minimum Gasteiger partial charge on any atom is -0.326 e. The Hall–Kier alpha value is -4.00. The fourth-order valence-electron chi connectivity index (χ4n) is 4.00. The van der Waals surface area contributed by atoms with E-state index >= 15 is 0 Å². The number of fused-ring (bicyclic) bond motifs is 1. The first kappa shape index (κ1) is 22.2. The van der Waals surface area contributed by atoms with Crippen molar-refractivity contribution in [3.63, 3.8) is 0 Å². The van der Waals surface area contributed by atoms with Gasteiger partial charge in [0.05, 0.1) is 6.42 Å². The van der Waals surface area contributed by atoms with E-state index in [1.165, 1.54) is 4.52 Å². The smallest absolute Gasteiger partial charge is 0.279 e. The molecule has 0 atom stereocenters. The van der Waals surface area contributed by atoms with Crippen LogP contribution in [0.4, 0.5) is 5.69 Å². The van der Waals surface area contributed by atoms with Gasteiger partial charge in [-0.05, 0) is 51.0 Å². The second-order valence-electron chi connectivity index (χ2n) is 8.38. The largest absolute Gasteiger partial charge is 0.326 e. The van der Waals surface area contributed by atoms with Crippen molar-refractivity contribution in [2.24, 2.45) is 0 Å². The monoisotopic (exact) mass is 441 g/mol. The van der Waals surface area contributed by atoms with Crippen molar-refractivity contribution >= 4 is 17.4 Å². The zero-order valence-corrected chi connectivity index (χ0v) is 19.3. The van der Waals surface area contributed by atoms with Crippen LogP contribution in [0.25, 0.3) is 17.2 Å². The van der Waals surface area contributed by atoms with Crippen LogP contribution in [0.1, 0.15) is 27.9 Å². The molecule has 1 amide bonds. The molecule has 0 aliphatic carbocycles. The number of carbonyl (C=O) groups is 1. The van der Waals surface area contributed by atoms with E-state index in [2.05, 4.69) is 22.0 Å². The summed E-state index contributed by atoms with van der Waals surface area (Å²) in [5, 5.41) is 7.39. The summed E-state index contributed by atoms with van der Waals surface area (Å²) in [6.07, 6.45) is 1.67. The highest BCUT2D eigenvalue weighted by atomic mass is 16.2. The van der Waals surface area contributed by atoms with Gasteiger partial charge in [0.25, 0.3) is 5.56 Å². The summed E-state index contributed by atoms with van der Waals surface area (Å²) in [6.45, 7) is 12.1. The number of nitrogens with zero attached hydrogens (tertiary/aromatic N) is 4. The van der Waals surface area contributed by atoms with Crippen LogP contribution in [0.5, 0.6) is 0 Å². The highest BCUT2D eigenvalue weighted by Crippen LogP contribution is 2.19. The van der Waals surface area contributed by atoms with Gasteiger partial charge >= 0.3 is 0 Å². The maximum absolute atomic E-state index is 13.3. The highest BCUT2D eigenvalue weighted by molar-refractivity contribution is 5.92. The van der Waals surface area contributed by atoms with Crippen LogP contribution in [-0.4, -0.2) is 25.1 Å². The van der Waals surface area contributed by atoms with Crippen molar-refractivity contribution < 1.29 is 4.79 Å². The highest BCUT2D eigenvalue weighted by Gasteiger charge is 2.20. The SMILES string of the molecule is C=CCn1c(C)c(CC(=O)Nc2cc(C)cc(C)c2)c(=O)n2nc(-c3ccc(C)cc3)nc12. The Labute approximate surface area is 192 Å². The molecular weight excluding hydrogens is 414 g/mol. The minimum atomic E-state index is -0.343. The number of amides is 1. The Bertz CT molecular complexity index is 1410. The average molecular weight is 442 g/mol. The van der Waals surface area contributed by atoms with Crippen molar-refractivity contribution in [1.29, 1.82) is 0 Å². The predicted molar refractivity (Wildman–Crippen MR) is 131 cm³/mol. The number of benzene rings is 2. The van der Waals surface area contributed by atoms with Crippen LogP contribution >= 0.6 is 0 Å². The number of aryl methyl sites for hydroxylation is 3. The summed E-state index contributed by atoms with van der Waals surface area (Å²) in [4.78, 5) is 30.8. The van der Waals surface area contributed by atoms with E-state index in [-0.39, 0.29) is 17.9 Å². The van der Waals surface area contributed by atoms with E-state index in [9.17, 15) is 9.59 Å². The fourth-order valence-corrected chi connectivity index (χ4v) is 4.00. The molecule has 4 aromatic rings. The second kappa shape index (κ2) is 8.86. The van der Waals surface area contributed by atoms with Gasteiger partial charge in [-0.1, -0.05) is 42.0 Å². The molecule has 0 radical (unpaired) electrons. The molecule has 0 bridgehead atoms. The zero-order valence-electron chi connectivity index (χ0n) is 19.3. The van der Waals surface area contributed by atoms with Crippen LogP contribution in [0.15, 0.2) is 59.9 Å². The number of aromatic nitrogens is 4. The lowest BCUT2D eigenvalue weighted by Gasteiger charge is -2.14. The summed E-state index contributed by atoms with van der Waals surface area (Å²) in [6, 6.07) is 13.7. The number of nitrogens with one attached hydrogen (secondary N) is 1. The summed E-state index contributed by atoms with van der Waals surface area (Å²) < 4.78 is 3.14. The lowest BCUT2D eigenvalue weighted by molar-refractivity contribution is -0.115. The molecule has 7 nitrogen and oxygen atoms in total. The topological polar surface area (TPSA) is 81.3 Å². The van der Waals surface area contributed by atoms with Gasteiger partial charge in [0.1, 0.15) is 0 Å². The van der Waals surface area contributed by atoms with Crippen LogP contribution in [0.2, 0.25) is 0 Å². The van der Waals surface area contributed by atoms with Gasteiger partial charge < -0.3 is 9.88 Å².